The van der Waals surface area contributed by atoms with Crippen molar-refractivity contribution in [2.75, 3.05) is 32.1 Å². The minimum atomic E-state index is -4.28. The molecule has 1 aliphatic heterocycles. The molecular formula is C14H19F3N2. The lowest BCUT2D eigenvalue weighted by atomic mass is 9.89. The summed E-state index contributed by atoms with van der Waals surface area (Å²) in [6, 6.07) is 4.05. The number of rotatable bonds is 2. The van der Waals surface area contributed by atoms with Gasteiger partial charge in [0, 0.05) is 26.3 Å². The molecule has 1 aliphatic rings. The molecule has 0 bridgehead atoms. The number of nitrogens with zero attached hydrogens (tertiary/aromatic N) is 1. The molecule has 0 radical (unpaired) electrons. The zero-order valence-corrected chi connectivity index (χ0v) is 11.2. The summed E-state index contributed by atoms with van der Waals surface area (Å²) < 4.78 is 38.5. The molecule has 2 rings (SSSR count). The second kappa shape index (κ2) is 5.41. The number of hydrogen-bond donors (Lipinski definition) is 1. The van der Waals surface area contributed by atoms with Gasteiger partial charge in [-0.2, -0.15) is 13.2 Å². The summed E-state index contributed by atoms with van der Waals surface area (Å²) in [4.78, 5) is 1.88. The van der Waals surface area contributed by atoms with E-state index in [0.717, 1.165) is 43.2 Å². The van der Waals surface area contributed by atoms with Crippen LogP contribution in [0.5, 0.6) is 0 Å². The Morgan fingerprint density at radius 3 is 2.53 bits per heavy atom. The summed E-state index contributed by atoms with van der Waals surface area (Å²) >= 11 is 0. The van der Waals surface area contributed by atoms with Crippen LogP contribution in [0.2, 0.25) is 0 Å². The molecule has 1 saturated heterocycles. The molecule has 2 nitrogen and oxygen atoms in total. The third-order valence-electron chi connectivity index (χ3n) is 3.57. The van der Waals surface area contributed by atoms with Crippen molar-refractivity contribution in [2.45, 2.75) is 24.9 Å². The van der Waals surface area contributed by atoms with Crippen molar-refractivity contribution in [1.29, 1.82) is 0 Å². The highest BCUT2D eigenvalue weighted by Crippen LogP contribution is 2.37. The predicted molar refractivity (Wildman–Crippen MR) is 70.6 cm³/mol. The Morgan fingerprint density at radius 1 is 1.26 bits per heavy atom. The van der Waals surface area contributed by atoms with Gasteiger partial charge in [-0.1, -0.05) is 0 Å². The normalized spacial score (nSPS) is 20.4. The molecule has 0 aromatic heterocycles. The summed E-state index contributed by atoms with van der Waals surface area (Å²) in [6.07, 6.45) is -2.33. The summed E-state index contributed by atoms with van der Waals surface area (Å²) in [7, 11) is 3.73. The Kier molecular flexibility index (Phi) is 4.04. The fourth-order valence-electron chi connectivity index (χ4n) is 2.58. The van der Waals surface area contributed by atoms with Crippen molar-refractivity contribution >= 4 is 5.69 Å². The van der Waals surface area contributed by atoms with Gasteiger partial charge in [-0.15, -0.1) is 0 Å². The van der Waals surface area contributed by atoms with Gasteiger partial charge in [0.25, 0.3) is 0 Å². The number of anilines is 1. The topological polar surface area (TPSA) is 15.3 Å². The van der Waals surface area contributed by atoms with E-state index in [-0.39, 0.29) is 5.92 Å². The first-order chi connectivity index (χ1) is 8.89. The van der Waals surface area contributed by atoms with E-state index in [1.807, 2.05) is 19.0 Å². The van der Waals surface area contributed by atoms with Gasteiger partial charge in [0.15, 0.2) is 0 Å². The number of benzene rings is 1. The van der Waals surface area contributed by atoms with Crippen molar-refractivity contribution in [3.8, 4) is 0 Å². The molecular weight excluding hydrogens is 253 g/mol. The third kappa shape index (κ3) is 3.21. The van der Waals surface area contributed by atoms with Crippen molar-refractivity contribution in [1.82, 2.24) is 5.32 Å². The minimum absolute atomic E-state index is 0.161. The molecule has 1 heterocycles. The van der Waals surface area contributed by atoms with Crippen LogP contribution in [-0.2, 0) is 6.18 Å². The van der Waals surface area contributed by atoms with E-state index in [1.54, 1.807) is 6.07 Å². The van der Waals surface area contributed by atoms with E-state index in [4.69, 9.17) is 0 Å². The first kappa shape index (κ1) is 14.2. The Hall–Kier alpha value is -1.23. The van der Waals surface area contributed by atoms with Crippen LogP contribution in [-0.4, -0.2) is 27.2 Å². The van der Waals surface area contributed by atoms with Crippen molar-refractivity contribution in [2.24, 2.45) is 0 Å². The monoisotopic (exact) mass is 272 g/mol. The molecule has 1 unspecified atom stereocenters. The molecule has 0 spiro atoms. The van der Waals surface area contributed by atoms with E-state index in [2.05, 4.69) is 5.32 Å². The van der Waals surface area contributed by atoms with Crippen molar-refractivity contribution in [3.05, 3.63) is 29.3 Å². The lowest BCUT2D eigenvalue weighted by Crippen LogP contribution is -2.29. The number of alkyl halides is 3. The molecule has 0 amide bonds. The smallest absolute Gasteiger partial charge is 0.377 e. The lowest BCUT2D eigenvalue weighted by molar-refractivity contribution is -0.137. The van der Waals surface area contributed by atoms with Gasteiger partial charge in [-0.3, -0.25) is 0 Å². The zero-order chi connectivity index (χ0) is 14.0. The fraction of sp³-hybridized carbons (Fsp3) is 0.571. The van der Waals surface area contributed by atoms with Crippen LogP contribution in [0.15, 0.2) is 18.2 Å². The van der Waals surface area contributed by atoms with Crippen LogP contribution in [0.1, 0.15) is 29.9 Å². The molecule has 1 aromatic rings. The first-order valence-electron chi connectivity index (χ1n) is 6.49. The fourth-order valence-corrected chi connectivity index (χ4v) is 2.58. The van der Waals surface area contributed by atoms with Crippen LogP contribution in [0.25, 0.3) is 0 Å². The maximum atomic E-state index is 12.8. The Bertz CT molecular complexity index is 435. The molecule has 0 saturated carbocycles. The van der Waals surface area contributed by atoms with Gasteiger partial charge >= 0.3 is 6.18 Å². The minimum Gasteiger partial charge on any atom is -0.377 e. The summed E-state index contributed by atoms with van der Waals surface area (Å²) in [5.41, 5.74) is 1.12. The van der Waals surface area contributed by atoms with Crippen LogP contribution in [0.4, 0.5) is 18.9 Å². The highest BCUT2D eigenvalue weighted by molar-refractivity contribution is 5.56. The van der Waals surface area contributed by atoms with Crippen LogP contribution >= 0.6 is 0 Å². The quantitative estimate of drug-likeness (QED) is 0.889. The van der Waals surface area contributed by atoms with E-state index in [0.29, 0.717) is 0 Å². The maximum Gasteiger partial charge on any atom is 0.416 e. The second-order valence-electron chi connectivity index (χ2n) is 5.21. The first-order valence-corrected chi connectivity index (χ1v) is 6.49. The van der Waals surface area contributed by atoms with E-state index in [9.17, 15) is 13.2 Å². The molecule has 1 aromatic carbocycles. The van der Waals surface area contributed by atoms with Crippen molar-refractivity contribution in [3.63, 3.8) is 0 Å². The Labute approximate surface area is 111 Å². The predicted octanol–water partition coefficient (Wildman–Crippen LogP) is 3.24. The largest absolute Gasteiger partial charge is 0.416 e. The summed E-state index contributed by atoms with van der Waals surface area (Å²) in [5.74, 6) is 0.161. The number of hydrogen-bond acceptors (Lipinski definition) is 2. The molecule has 1 fully saturated rings. The molecule has 1 atom stereocenters. The average molecular weight is 272 g/mol. The van der Waals surface area contributed by atoms with Crippen LogP contribution < -0.4 is 10.2 Å². The molecule has 106 valence electrons. The Morgan fingerprint density at radius 2 is 2.00 bits per heavy atom. The Balaban J connectivity index is 2.41. The second-order valence-corrected chi connectivity index (χ2v) is 5.21. The van der Waals surface area contributed by atoms with E-state index < -0.39 is 11.7 Å². The lowest BCUT2D eigenvalue weighted by Gasteiger charge is -2.28. The highest BCUT2D eigenvalue weighted by Gasteiger charge is 2.32. The molecule has 0 aliphatic carbocycles. The van der Waals surface area contributed by atoms with Gasteiger partial charge in [0.05, 0.1) is 5.56 Å². The van der Waals surface area contributed by atoms with Crippen molar-refractivity contribution < 1.29 is 13.2 Å². The molecule has 5 heteroatoms. The highest BCUT2D eigenvalue weighted by atomic mass is 19.4. The SMILES string of the molecule is CN(C)c1ccc(C(F)(F)F)cc1C1CCCNC1. The van der Waals surface area contributed by atoms with Crippen LogP contribution in [0, 0.1) is 0 Å². The van der Waals surface area contributed by atoms with Crippen LogP contribution in [0.3, 0.4) is 0 Å². The average Bonchev–Trinajstić information content (AvgIpc) is 2.38. The summed E-state index contributed by atoms with van der Waals surface area (Å²) in [5, 5.41) is 3.26. The summed E-state index contributed by atoms with van der Waals surface area (Å²) in [6.45, 7) is 1.70. The number of piperidine rings is 1. The standard InChI is InChI=1S/C14H19F3N2/c1-19(2)13-6-5-11(14(15,16)17)8-12(13)10-4-3-7-18-9-10/h5-6,8,10,18H,3-4,7,9H2,1-2H3. The maximum absolute atomic E-state index is 12.8. The van der Waals surface area contributed by atoms with E-state index >= 15 is 0 Å². The third-order valence-corrected chi connectivity index (χ3v) is 3.57. The number of halogens is 3. The van der Waals surface area contributed by atoms with Gasteiger partial charge in [-0.25, -0.2) is 0 Å². The van der Waals surface area contributed by atoms with Gasteiger partial charge in [0.2, 0.25) is 0 Å². The van der Waals surface area contributed by atoms with E-state index in [1.165, 1.54) is 6.07 Å². The molecule has 1 N–H and O–H groups in total. The zero-order valence-electron chi connectivity index (χ0n) is 11.2. The molecule has 19 heavy (non-hydrogen) atoms. The van der Waals surface area contributed by atoms with Gasteiger partial charge in [-0.05, 0) is 49.1 Å². The van der Waals surface area contributed by atoms with Gasteiger partial charge in [0.1, 0.15) is 0 Å². The number of nitrogens with one attached hydrogen (secondary N) is 1. The van der Waals surface area contributed by atoms with Gasteiger partial charge < -0.3 is 10.2 Å².